The number of amides is 1. The summed E-state index contributed by atoms with van der Waals surface area (Å²) in [5.74, 6) is 0.132. The molecule has 162 valence electrons. The summed E-state index contributed by atoms with van der Waals surface area (Å²) in [5, 5.41) is 20.8. The quantitative estimate of drug-likeness (QED) is 0.502. The minimum Gasteiger partial charge on any atom is -0.368 e. The summed E-state index contributed by atoms with van der Waals surface area (Å²) in [6.07, 6.45) is 3.01. The average molecular weight is 436 g/mol. The smallest absolute Gasteiger partial charge is 0.224 e. The molecular formula is C24H20N8O. The Kier molecular flexibility index (Phi) is 5.03. The molecule has 1 aliphatic heterocycles. The Morgan fingerprint density at radius 2 is 1.94 bits per heavy atom. The summed E-state index contributed by atoms with van der Waals surface area (Å²) in [7, 11) is 0. The third-order valence-electron chi connectivity index (χ3n) is 5.73. The monoisotopic (exact) mass is 436 g/mol. The van der Waals surface area contributed by atoms with Gasteiger partial charge in [-0.1, -0.05) is 35.5 Å². The van der Waals surface area contributed by atoms with Gasteiger partial charge in [0.2, 0.25) is 11.9 Å². The van der Waals surface area contributed by atoms with Gasteiger partial charge in [-0.2, -0.15) is 5.26 Å². The van der Waals surface area contributed by atoms with E-state index in [1.165, 1.54) is 0 Å². The van der Waals surface area contributed by atoms with Crippen LogP contribution in [0, 0.1) is 18.3 Å². The summed E-state index contributed by atoms with van der Waals surface area (Å²) in [6.45, 7) is 2.33. The van der Waals surface area contributed by atoms with Crippen molar-refractivity contribution in [2.24, 2.45) is 0 Å². The van der Waals surface area contributed by atoms with Crippen LogP contribution in [0.25, 0.3) is 22.6 Å². The van der Waals surface area contributed by atoms with E-state index in [2.05, 4.69) is 31.7 Å². The Morgan fingerprint density at radius 3 is 2.79 bits per heavy atom. The summed E-state index contributed by atoms with van der Waals surface area (Å²) in [5.41, 5.74) is 12.8. The number of nitrogens with one attached hydrogen (secondary N) is 1. The molecule has 3 N–H and O–H groups in total. The van der Waals surface area contributed by atoms with Gasteiger partial charge in [0.25, 0.3) is 0 Å². The van der Waals surface area contributed by atoms with Gasteiger partial charge in [0.1, 0.15) is 5.69 Å². The second-order valence-corrected chi connectivity index (χ2v) is 7.89. The van der Waals surface area contributed by atoms with Gasteiger partial charge in [-0.15, -0.1) is 5.10 Å². The van der Waals surface area contributed by atoms with Crippen molar-refractivity contribution in [1.29, 1.82) is 5.26 Å². The van der Waals surface area contributed by atoms with E-state index in [1.807, 2.05) is 37.3 Å². The minimum atomic E-state index is 0.0222. The number of carbonyl (C=O) groups is 1. The lowest BCUT2D eigenvalue weighted by Crippen LogP contribution is -2.21. The van der Waals surface area contributed by atoms with Crippen LogP contribution in [0.2, 0.25) is 0 Å². The van der Waals surface area contributed by atoms with Gasteiger partial charge >= 0.3 is 0 Å². The number of nitrogens with zero attached hydrogens (tertiary/aromatic N) is 6. The molecular weight excluding hydrogens is 416 g/mol. The zero-order valence-electron chi connectivity index (χ0n) is 17.9. The van der Waals surface area contributed by atoms with E-state index in [0.717, 1.165) is 34.4 Å². The molecule has 5 rings (SSSR count). The Balaban J connectivity index is 1.47. The van der Waals surface area contributed by atoms with Gasteiger partial charge in [-0.05, 0) is 42.2 Å². The molecule has 1 aliphatic rings. The summed E-state index contributed by atoms with van der Waals surface area (Å²) < 4.78 is 1.70. The Morgan fingerprint density at radius 1 is 1.12 bits per heavy atom. The van der Waals surface area contributed by atoms with Gasteiger partial charge < -0.3 is 11.1 Å². The van der Waals surface area contributed by atoms with Crippen LogP contribution in [0.15, 0.2) is 48.7 Å². The number of benzene rings is 2. The van der Waals surface area contributed by atoms with Gasteiger partial charge in [-0.3, -0.25) is 4.79 Å². The lowest BCUT2D eigenvalue weighted by molar-refractivity contribution is -0.116. The second-order valence-electron chi connectivity index (χ2n) is 7.89. The number of anilines is 2. The highest BCUT2D eigenvalue weighted by Gasteiger charge is 2.18. The van der Waals surface area contributed by atoms with E-state index in [0.29, 0.717) is 35.6 Å². The number of hydrogen-bond acceptors (Lipinski definition) is 7. The van der Waals surface area contributed by atoms with Crippen molar-refractivity contribution in [2.45, 2.75) is 26.3 Å². The van der Waals surface area contributed by atoms with Crippen molar-refractivity contribution in [3.63, 3.8) is 0 Å². The van der Waals surface area contributed by atoms with Crippen LogP contribution in [0.1, 0.15) is 28.7 Å². The minimum absolute atomic E-state index is 0.0222. The molecule has 9 nitrogen and oxygen atoms in total. The first-order valence-corrected chi connectivity index (χ1v) is 10.5. The Hall–Kier alpha value is -4.58. The molecule has 0 fully saturated rings. The number of nitrogen functional groups attached to an aromatic ring is 1. The van der Waals surface area contributed by atoms with E-state index in [9.17, 15) is 10.1 Å². The summed E-state index contributed by atoms with van der Waals surface area (Å²) >= 11 is 0. The van der Waals surface area contributed by atoms with Crippen LogP contribution in [0.5, 0.6) is 0 Å². The maximum absolute atomic E-state index is 11.9. The first-order chi connectivity index (χ1) is 16.0. The lowest BCUT2D eigenvalue weighted by Gasteiger charge is -2.20. The molecule has 4 aromatic rings. The number of aryl methyl sites for hydroxylation is 1. The third-order valence-corrected chi connectivity index (χ3v) is 5.73. The third kappa shape index (κ3) is 3.90. The molecule has 0 saturated carbocycles. The Bertz CT molecular complexity index is 1430. The lowest BCUT2D eigenvalue weighted by atomic mass is 9.99. The van der Waals surface area contributed by atoms with Crippen molar-refractivity contribution >= 4 is 17.5 Å². The fourth-order valence-corrected chi connectivity index (χ4v) is 4.04. The van der Waals surface area contributed by atoms with Gasteiger partial charge in [0.05, 0.1) is 35.8 Å². The molecule has 0 bridgehead atoms. The van der Waals surface area contributed by atoms with E-state index in [4.69, 9.17) is 5.73 Å². The summed E-state index contributed by atoms with van der Waals surface area (Å²) in [6, 6.07) is 15.4. The molecule has 1 amide bonds. The van der Waals surface area contributed by atoms with Crippen LogP contribution in [0.4, 0.5) is 11.6 Å². The second kappa shape index (κ2) is 8.16. The number of rotatable bonds is 4. The highest BCUT2D eigenvalue weighted by Crippen LogP contribution is 2.29. The molecule has 0 atom stereocenters. The number of aromatic nitrogens is 5. The SMILES string of the molecule is Cc1c(C#N)cccc1-c1cc(-c2cn(Cc3cccc4c3NC(=O)CC4)nn2)nc(N)n1. The molecule has 0 spiro atoms. The number of carbonyl (C=O) groups excluding carboxylic acids is 1. The largest absolute Gasteiger partial charge is 0.368 e. The van der Waals surface area contributed by atoms with Crippen LogP contribution >= 0.6 is 0 Å². The molecule has 0 aliphatic carbocycles. The zero-order valence-corrected chi connectivity index (χ0v) is 17.9. The van der Waals surface area contributed by atoms with Crippen molar-refractivity contribution < 1.29 is 4.79 Å². The molecule has 2 aromatic carbocycles. The van der Waals surface area contributed by atoms with Gasteiger partial charge in [-0.25, -0.2) is 14.6 Å². The fraction of sp³-hybridized carbons (Fsp3) is 0.167. The van der Waals surface area contributed by atoms with E-state index < -0.39 is 0 Å². The van der Waals surface area contributed by atoms with E-state index in [1.54, 1.807) is 23.0 Å². The predicted octanol–water partition coefficient (Wildman–Crippen LogP) is 3.10. The maximum Gasteiger partial charge on any atom is 0.224 e. The number of hydrogen-bond donors (Lipinski definition) is 2. The first-order valence-electron chi connectivity index (χ1n) is 10.5. The topological polar surface area (TPSA) is 135 Å². The number of nitrogens with two attached hydrogens (primary N) is 1. The highest BCUT2D eigenvalue weighted by atomic mass is 16.1. The van der Waals surface area contributed by atoms with Crippen LogP contribution in [-0.2, 0) is 17.8 Å². The maximum atomic E-state index is 11.9. The molecule has 0 saturated heterocycles. The predicted molar refractivity (Wildman–Crippen MR) is 123 cm³/mol. The van der Waals surface area contributed by atoms with Crippen LogP contribution < -0.4 is 11.1 Å². The molecule has 33 heavy (non-hydrogen) atoms. The molecule has 3 heterocycles. The van der Waals surface area contributed by atoms with Gasteiger partial charge in [0, 0.05) is 17.7 Å². The zero-order chi connectivity index (χ0) is 22.9. The molecule has 0 radical (unpaired) electrons. The van der Waals surface area contributed by atoms with E-state index in [-0.39, 0.29) is 11.9 Å². The fourth-order valence-electron chi connectivity index (χ4n) is 4.04. The highest BCUT2D eigenvalue weighted by molar-refractivity contribution is 5.94. The first kappa shape index (κ1) is 20.3. The van der Waals surface area contributed by atoms with Crippen molar-refractivity contribution in [3.05, 3.63) is 70.9 Å². The molecule has 0 unspecified atom stereocenters. The van der Waals surface area contributed by atoms with E-state index >= 15 is 0 Å². The summed E-state index contributed by atoms with van der Waals surface area (Å²) in [4.78, 5) is 20.6. The Labute approximate surface area is 189 Å². The van der Waals surface area contributed by atoms with Crippen LogP contribution in [0.3, 0.4) is 0 Å². The molecule has 9 heteroatoms. The molecule has 2 aromatic heterocycles. The normalized spacial score (nSPS) is 12.7. The average Bonchev–Trinajstić information content (AvgIpc) is 3.28. The number of para-hydroxylation sites is 1. The van der Waals surface area contributed by atoms with Gasteiger partial charge in [0.15, 0.2) is 0 Å². The van der Waals surface area contributed by atoms with Crippen molar-refractivity contribution in [2.75, 3.05) is 11.1 Å². The van der Waals surface area contributed by atoms with Crippen molar-refractivity contribution in [1.82, 2.24) is 25.0 Å². The van der Waals surface area contributed by atoms with Crippen molar-refractivity contribution in [3.8, 4) is 28.7 Å². The standard InChI is InChI=1S/C24H20N8O/c1-14-16(11-25)5-3-7-18(14)19-10-20(28-24(26)27-19)21-13-32(31-30-21)12-17-6-2-4-15-8-9-22(33)29-23(15)17/h2-7,10,13H,8-9,12H2,1H3,(H,29,33)(H2,26,27,28). The number of nitriles is 1. The van der Waals surface area contributed by atoms with Crippen LogP contribution in [-0.4, -0.2) is 30.9 Å². The number of fused-ring (bicyclic) bond motifs is 1.